The van der Waals surface area contributed by atoms with Gasteiger partial charge in [-0.2, -0.15) is 4.98 Å². The van der Waals surface area contributed by atoms with E-state index in [4.69, 9.17) is 4.98 Å². The van der Waals surface area contributed by atoms with Crippen LogP contribution in [0.5, 0.6) is 0 Å². The molecule has 7 heteroatoms. The van der Waals surface area contributed by atoms with Gasteiger partial charge in [0.15, 0.2) is 11.2 Å². The zero-order chi connectivity index (χ0) is 19.8. The van der Waals surface area contributed by atoms with E-state index in [2.05, 4.69) is 36.9 Å². The first-order valence-corrected chi connectivity index (χ1v) is 10.1. The summed E-state index contributed by atoms with van der Waals surface area (Å²) in [5.41, 5.74) is 2.73. The quantitative estimate of drug-likeness (QED) is 0.638. The number of aromatic nitrogens is 4. The maximum Gasteiger partial charge on any atom is 0.332 e. The van der Waals surface area contributed by atoms with Crippen LogP contribution in [0.15, 0.2) is 33.9 Å². The Hall–Kier alpha value is -2.83. The standard InChI is InChI=1S/C21H27N5O2/c1-4-5-6-11-26-19(27)17-18(23(3)21(26)28)22-20-24(12-8-13-25(17)20)16-10-7-9-15(2)14-16/h7,9-10,14H,4-6,8,11-13H2,1-3H3. The van der Waals surface area contributed by atoms with E-state index in [1.165, 1.54) is 14.7 Å². The van der Waals surface area contributed by atoms with E-state index < -0.39 is 0 Å². The van der Waals surface area contributed by atoms with Gasteiger partial charge in [-0.15, -0.1) is 0 Å². The van der Waals surface area contributed by atoms with Crippen molar-refractivity contribution in [3.05, 3.63) is 50.7 Å². The second kappa shape index (κ2) is 7.30. The molecule has 0 bridgehead atoms. The van der Waals surface area contributed by atoms with Crippen LogP contribution in [0, 0.1) is 6.92 Å². The number of hydrogen-bond acceptors (Lipinski definition) is 4. The average molecular weight is 381 g/mol. The maximum absolute atomic E-state index is 13.2. The molecule has 1 aliphatic heterocycles. The lowest BCUT2D eigenvalue weighted by molar-refractivity contribution is 0.546. The number of benzene rings is 1. The average Bonchev–Trinajstić information content (AvgIpc) is 3.09. The third-order valence-electron chi connectivity index (χ3n) is 5.52. The second-order valence-corrected chi connectivity index (χ2v) is 7.59. The lowest BCUT2D eigenvalue weighted by Gasteiger charge is -2.29. The number of aryl methyl sites for hydroxylation is 3. The normalized spacial score (nSPS) is 13.9. The van der Waals surface area contributed by atoms with Gasteiger partial charge in [-0.3, -0.25) is 13.9 Å². The zero-order valence-electron chi connectivity index (χ0n) is 16.8. The number of rotatable bonds is 5. The number of nitrogens with zero attached hydrogens (tertiary/aromatic N) is 5. The van der Waals surface area contributed by atoms with Crippen molar-refractivity contribution in [1.82, 2.24) is 18.7 Å². The van der Waals surface area contributed by atoms with Gasteiger partial charge >= 0.3 is 5.69 Å². The summed E-state index contributed by atoms with van der Waals surface area (Å²) in [6, 6.07) is 8.28. The minimum absolute atomic E-state index is 0.223. The van der Waals surface area contributed by atoms with Crippen molar-refractivity contribution >= 4 is 22.8 Å². The minimum Gasteiger partial charge on any atom is -0.312 e. The van der Waals surface area contributed by atoms with Gasteiger partial charge in [0, 0.05) is 32.4 Å². The Kier molecular flexibility index (Phi) is 4.83. The van der Waals surface area contributed by atoms with Crippen molar-refractivity contribution < 1.29 is 0 Å². The lowest BCUT2D eigenvalue weighted by atomic mass is 10.2. The largest absolute Gasteiger partial charge is 0.332 e. The molecule has 1 aromatic carbocycles. The molecule has 0 atom stereocenters. The van der Waals surface area contributed by atoms with Crippen LogP contribution in [-0.2, 0) is 20.1 Å². The van der Waals surface area contributed by atoms with E-state index in [9.17, 15) is 9.59 Å². The Morgan fingerprint density at radius 2 is 1.96 bits per heavy atom. The summed E-state index contributed by atoms with van der Waals surface area (Å²) in [4.78, 5) is 32.8. The summed E-state index contributed by atoms with van der Waals surface area (Å²) >= 11 is 0. The summed E-state index contributed by atoms with van der Waals surface area (Å²) < 4.78 is 4.88. The molecule has 7 nitrogen and oxygen atoms in total. The highest BCUT2D eigenvalue weighted by Gasteiger charge is 2.26. The van der Waals surface area contributed by atoms with Gasteiger partial charge < -0.3 is 9.47 Å². The molecule has 0 amide bonds. The second-order valence-electron chi connectivity index (χ2n) is 7.59. The first-order valence-electron chi connectivity index (χ1n) is 10.1. The van der Waals surface area contributed by atoms with Crippen LogP contribution in [0.25, 0.3) is 11.2 Å². The molecule has 0 radical (unpaired) electrons. The van der Waals surface area contributed by atoms with Crippen molar-refractivity contribution in [2.24, 2.45) is 7.05 Å². The predicted octanol–water partition coefficient (Wildman–Crippen LogP) is 2.94. The summed E-state index contributed by atoms with van der Waals surface area (Å²) in [6.45, 7) is 6.20. The molecule has 3 heterocycles. The molecule has 0 aliphatic carbocycles. The van der Waals surface area contributed by atoms with E-state index in [0.29, 0.717) is 17.7 Å². The van der Waals surface area contributed by atoms with Crippen LogP contribution in [0.2, 0.25) is 0 Å². The highest BCUT2D eigenvalue weighted by molar-refractivity contribution is 5.77. The summed E-state index contributed by atoms with van der Waals surface area (Å²) in [7, 11) is 1.70. The predicted molar refractivity (Wildman–Crippen MR) is 112 cm³/mol. The number of imidazole rings is 1. The molecule has 0 spiro atoms. The Bertz CT molecular complexity index is 1140. The molecule has 4 rings (SSSR count). The Morgan fingerprint density at radius 1 is 1.14 bits per heavy atom. The molecule has 28 heavy (non-hydrogen) atoms. The summed E-state index contributed by atoms with van der Waals surface area (Å²) in [6.07, 6.45) is 3.79. The van der Waals surface area contributed by atoms with Crippen molar-refractivity contribution in [2.45, 2.75) is 52.6 Å². The smallest absolute Gasteiger partial charge is 0.312 e. The Balaban J connectivity index is 1.90. The molecule has 148 valence electrons. The summed E-state index contributed by atoms with van der Waals surface area (Å²) in [5.74, 6) is 0.741. The van der Waals surface area contributed by atoms with Crippen molar-refractivity contribution in [1.29, 1.82) is 0 Å². The third kappa shape index (κ3) is 2.95. The van der Waals surface area contributed by atoms with E-state index >= 15 is 0 Å². The fourth-order valence-electron chi connectivity index (χ4n) is 4.02. The molecular formula is C21H27N5O2. The van der Waals surface area contributed by atoms with Gasteiger partial charge in [-0.05, 0) is 37.5 Å². The molecule has 0 saturated heterocycles. The lowest BCUT2D eigenvalue weighted by Crippen LogP contribution is -2.40. The van der Waals surface area contributed by atoms with E-state index in [-0.39, 0.29) is 11.2 Å². The number of hydrogen-bond donors (Lipinski definition) is 0. The molecule has 0 N–H and O–H groups in total. The van der Waals surface area contributed by atoms with Gasteiger partial charge in [-0.25, -0.2) is 4.79 Å². The monoisotopic (exact) mass is 381 g/mol. The van der Waals surface area contributed by atoms with Crippen molar-refractivity contribution in [3.8, 4) is 0 Å². The van der Waals surface area contributed by atoms with E-state index in [1.54, 1.807) is 7.05 Å². The number of unbranched alkanes of at least 4 members (excludes halogenated alkanes) is 2. The van der Waals surface area contributed by atoms with Gasteiger partial charge in [-0.1, -0.05) is 31.9 Å². The van der Waals surface area contributed by atoms with Gasteiger partial charge in [0.1, 0.15) is 0 Å². The molecule has 0 saturated carbocycles. The maximum atomic E-state index is 13.2. The number of anilines is 2. The minimum atomic E-state index is -0.286. The zero-order valence-corrected chi connectivity index (χ0v) is 16.8. The highest BCUT2D eigenvalue weighted by atomic mass is 16.2. The van der Waals surface area contributed by atoms with Crippen molar-refractivity contribution in [3.63, 3.8) is 0 Å². The molecular weight excluding hydrogens is 354 g/mol. The van der Waals surface area contributed by atoms with Crippen LogP contribution in [0.3, 0.4) is 0 Å². The van der Waals surface area contributed by atoms with E-state index in [1.807, 2.05) is 10.6 Å². The number of fused-ring (bicyclic) bond motifs is 3. The van der Waals surface area contributed by atoms with E-state index in [0.717, 1.165) is 50.4 Å². The molecule has 3 aromatic rings. The van der Waals surface area contributed by atoms with Crippen LogP contribution in [0.4, 0.5) is 11.6 Å². The van der Waals surface area contributed by atoms with Crippen LogP contribution < -0.4 is 16.1 Å². The van der Waals surface area contributed by atoms with Gasteiger partial charge in [0.05, 0.1) is 0 Å². The van der Waals surface area contributed by atoms with Crippen LogP contribution in [0.1, 0.15) is 38.2 Å². The molecule has 2 aromatic heterocycles. The first-order chi connectivity index (χ1) is 13.5. The molecule has 0 fully saturated rings. The fraction of sp³-hybridized carbons (Fsp3) is 0.476. The van der Waals surface area contributed by atoms with Gasteiger partial charge in [0.25, 0.3) is 5.56 Å². The third-order valence-corrected chi connectivity index (χ3v) is 5.52. The van der Waals surface area contributed by atoms with Crippen molar-refractivity contribution in [2.75, 3.05) is 11.4 Å². The first kappa shape index (κ1) is 18.5. The Labute approximate surface area is 163 Å². The summed E-state index contributed by atoms with van der Waals surface area (Å²) in [5, 5.41) is 0. The molecule has 0 unspecified atom stereocenters. The van der Waals surface area contributed by atoms with Crippen LogP contribution in [-0.4, -0.2) is 25.2 Å². The molecule has 1 aliphatic rings. The SMILES string of the molecule is CCCCCn1c(=O)c2c(nc3n2CCCN3c2cccc(C)c2)n(C)c1=O. The highest BCUT2D eigenvalue weighted by Crippen LogP contribution is 2.31. The Morgan fingerprint density at radius 3 is 2.71 bits per heavy atom. The fourth-order valence-corrected chi connectivity index (χ4v) is 4.02. The topological polar surface area (TPSA) is 65.1 Å². The van der Waals surface area contributed by atoms with Gasteiger partial charge in [0.2, 0.25) is 5.95 Å². The van der Waals surface area contributed by atoms with Crippen LogP contribution >= 0.6 is 0 Å².